The second-order valence-corrected chi connectivity index (χ2v) is 6.93. The van der Waals surface area contributed by atoms with Crippen molar-refractivity contribution >= 4 is 5.71 Å². The molecule has 1 aromatic heterocycles. The lowest BCUT2D eigenvalue weighted by molar-refractivity contribution is 0.349. The number of ether oxygens (including phenoxy) is 2. The topological polar surface area (TPSA) is 56.9 Å². The van der Waals surface area contributed by atoms with E-state index < -0.39 is 0 Å². The van der Waals surface area contributed by atoms with E-state index >= 15 is 0 Å². The summed E-state index contributed by atoms with van der Waals surface area (Å²) in [5.41, 5.74) is 5.31. The summed E-state index contributed by atoms with van der Waals surface area (Å²) in [4.78, 5) is 5.16. The first-order chi connectivity index (χ1) is 12.1. The third-order valence-electron chi connectivity index (χ3n) is 5.50. The molecule has 0 saturated heterocycles. The van der Waals surface area contributed by atoms with Crippen molar-refractivity contribution in [3.05, 3.63) is 40.3 Å². The van der Waals surface area contributed by atoms with Crippen LogP contribution in [0.5, 0.6) is 11.5 Å². The molecule has 2 unspecified atom stereocenters. The monoisotopic (exact) mass is 340 g/mol. The van der Waals surface area contributed by atoms with Crippen LogP contribution in [0.15, 0.2) is 21.6 Å². The van der Waals surface area contributed by atoms with Gasteiger partial charge in [-0.15, -0.1) is 0 Å². The van der Waals surface area contributed by atoms with Crippen molar-refractivity contribution in [2.24, 2.45) is 4.99 Å². The van der Waals surface area contributed by atoms with E-state index in [4.69, 9.17) is 19.0 Å². The minimum absolute atomic E-state index is 0.322. The van der Waals surface area contributed by atoms with Gasteiger partial charge in [-0.05, 0) is 44.4 Å². The van der Waals surface area contributed by atoms with Crippen LogP contribution in [0, 0.1) is 13.8 Å². The predicted octanol–water partition coefficient (Wildman–Crippen LogP) is 4.19. The third kappa shape index (κ3) is 2.53. The molecular formula is C20H24N2O3. The number of fused-ring (bicyclic) bond motifs is 3. The molecule has 4 rings (SSSR count). The number of aromatic nitrogens is 1. The van der Waals surface area contributed by atoms with Crippen LogP contribution in [-0.4, -0.2) is 31.1 Å². The Morgan fingerprint density at radius 2 is 1.76 bits per heavy atom. The molecule has 2 atom stereocenters. The Kier molecular flexibility index (Phi) is 4.02. The Morgan fingerprint density at radius 1 is 1.04 bits per heavy atom. The van der Waals surface area contributed by atoms with Gasteiger partial charge in [0.25, 0.3) is 0 Å². The van der Waals surface area contributed by atoms with Crippen LogP contribution >= 0.6 is 0 Å². The maximum atomic E-state index is 5.56. The summed E-state index contributed by atoms with van der Waals surface area (Å²) in [6.45, 7) is 3.92. The van der Waals surface area contributed by atoms with Crippen molar-refractivity contribution in [3.63, 3.8) is 0 Å². The first-order valence-electron chi connectivity index (χ1n) is 8.91. The highest BCUT2D eigenvalue weighted by atomic mass is 16.5. The zero-order valence-corrected chi connectivity index (χ0v) is 15.3. The van der Waals surface area contributed by atoms with Gasteiger partial charge in [0.2, 0.25) is 0 Å². The molecule has 25 heavy (non-hydrogen) atoms. The largest absolute Gasteiger partial charge is 0.493 e. The number of rotatable bonds is 3. The van der Waals surface area contributed by atoms with E-state index in [0.717, 1.165) is 46.2 Å². The number of hydrogen-bond acceptors (Lipinski definition) is 5. The number of hydrogen-bond donors (Lipinski definition) is 0. The highest BCUT2D eigenvalue weighted by Crippen LogP contribution is 2.45. The summed E-state index contributed by atoms with van der Waals surface area (Å²) in [5, 5.41) is 4.13. The van der Waals surface area contributed by atoms with Gasteiger partial charge in [0.1, 0.15) is 5.76 Å². The fourth-order valence-corrected chi connectivity index (χ4v) is 4.29. The summed E-state index contributed by atoms with van der Waals surface area (Å²) in [6.07, 6.45) is 4.80. The van der Waals surface area contributed by atoms with Gasteiger partial charge in [-0.25, -0.2) is 0 Å². The molecule has 132 valence electrons. The Morgan fingerprint density at radius 3 is 2.44 bits per heavy atom. The number of nitrogens with zero attached hydrogens (tertiary/aromatic N) is 2. The highest BCUT2D eigenvalue weighted by molar-refractivity contribution is 6.16. The van der Waals surface area contributed by atoms with Crippen molar-refractivity contribution in [2.75, 3.05) is 14.2 Å². The predicted molar refractivity (Wildman–Crippen MR) is 96.2 cm³/mol. The summed E-state index contributed by atoms with van der Waals surface area (Å²) < 4.78 is 16.5. The Labute approximate surface area is 148 Å². The first kappa shape index (κ1) is 16.2. The van der Waals surface area contributed by atoms with E-state index in [-0.39, 0.29) is 0 Å². The first-order valence-corrected chi connectivity index (χ1v) is 8.91. The van der Waals surface area contributed by atoms with E-state index in [0.29, 0.717) is 12.0 Å². The van der Waals surface area contributed by atoms with Crippen molar-refractivity contribution in [1.82, 2.24) is 5.16 Å². The van der Waals surface area contributed by atoms with Crippen LogP contribution in [-0.2, 0) is 0 Å². The average Bonchev–Trinajstić information content (AvgIpc) is 2.98. The van der Waals surface area contributed by atoms with Crippen molar-refractivity contribution in [3.8, 4) is 11.5 Å². The van der Waals surface area contributed by atoms with Crippen molar-refractivity contribution in [1.29, 1.82) is 0 Å². The van der Waals surface area contributed by atoms with Crippen LogP contribution in [0.25, 0.3) is 0 Å². The van der Waals surface area contributed by atoms with Crippen LogP contribution in [0.3, 0.4) is 0 Å². The SMILES string of the molecule is COc1cc2c(cc1OC)C1CCCCC1N=C2c1c(C)noc1C. The van der Waals surface area contributed by atoms with Crippen LogP contribution in [0.1, 0.15) is 59.7 Å². The number of benzene rings is 1. The quantitative estimate of drug-likeness (QED) is 0.841. The molecule has 0 amide bonds. The van der Waals surface area contributed by atoms with E-state index in [1.807, 2.05) is 13.8 Å². The lowest BCUT2D eigenvalue weighted by Gasteiger charge is -2.35. The van der Waals surface area contributed by atoms with E-state index in [1.165, 1.54) is 24.8 Å². The molecule has 0 spiro atoms. The maximum absolute atomic E-state index is 5.56. The molecule has 2 aliphatic rings. The van der Waals surface area contributed by atoms with Gasteiger partial charge in [0, 0.05) is 11.5 Å². The summed E-state index contributed by atoms with van der Waals surface area (Å²) in [5.74, 6) is 2.78. The molecule has 1 saturated carbocycles. The molecule has 0 radical (unpaired) electrons. The fraction of sp³-hybridized carbons (Fsp3) is 0.500. The van der Waals surface area contributed by atoms with Gasteiger partial charge in [0.05, 0.1) is 37.2 Å². The molecular weight excluding hydrogens is 316 g/mol. The van der Waals surface area contributed by atoms with Gasteiger partial charge in [-0.2, -0.15) is 0 Å². The molecule has 1 aromatic carbocycles. The summed E-state index contributed by atoms with van der Waals surface area (Å²) >= 11 is 0. The molecule has 1 aliphatic carbocycles. The molecule has 0 bridgehead atoms. The number of aliphatic imine (C=N–C) groups is 1. The maximum Gasteiger partial charge on any atom is 0.161 e. The fourth-order valence-electron chi connectivity index (χ4n) is 4.29. The van der Waals surface area contributed by atoms with E-state index in [9.17, 15) is 0 Å². The van der Waals surface area contributed by atoms with Gasteiger partial charge in [0.15, 0.2) is 11.5 Å². The number of aryl methyl sites for hydroxylation is 2. The molecule has 5 heteroatoms. The van der Waals surface area contributed by atoms with E-state index in [1.54, 1.807) is 14.2 Å². The zero-order valence-electron chi connectivity index (χ0n) is 15.3. The molecule has 1 fully saturated rings. The average molecular weight is 340 g/mol. The smallest absolute Gasteiger partial charge is 0.161 e. The van der Waals surface area contributed by atoms with Gasteiger partial charge in [-0.1, -0.05) is 18.0 Å². The van der Waals surface area contributed by atoms with Gasteiger partial charge in [-0.3, -0.25) is 4.99 Å². The minimum Gasteiger partial charge on any atom is -0.493 e. The number of methoxy groups -OCH3 is 2. The van der Waals surface area contributed by atoms with E-state index in [2.05, 4.69) is 17.3 Å². The van der Waals surface area contributed by atoms with Crippen molar-refractivity contribution in [2.45, 2.75) is 51.5 Å². The van der Waals surface area contributed by atoms with Crippen LogP contribution < -0.4 is 9.47 Å². The van der Waals surface area contributed by atoms with Gasteiger partial charge < -0.3 is 14.0 Å². The third-order valence-corrected chi connectivity index (χ3v) is 5.50. The summed E-state index contributed by atoms with van der Waals surface area (Å²) in [7, 11) is 3.36. The zero-order chi connectivity index (χ0) is 17.6. The van der Waals surface area contributed by atoms with Gasteiger partial charge >= 0.3 is 0 Å². The highest BCUT2D eigenvalue weighted by Gasteiger charge is 2.36. The molecule has 5 nitrogen and oxygen atoms in total. The Hall–Kier alpha value is -2.30. The normalized spacial score (nSPS) is 22.0. The Balaban J connectivity index is 1.95. The van der Waals surface area contributed by atoms with Crippen molar-refractivity contribution < 1.29 is 14.0 Å². The second-order valence-electron chi connectivity index (χ2n) is 6.93. The molecule has 2 heterocycles. The molecule has 0 N–H and O–H groups in total. The Bertz CT molecular complexity index is 818. The van der Waals surface area contributed by atoms with Crippen LogP contribution in [0.4, 0.5) is 0 Å². The lowest BCUT2D eigenvalue weighted by Crippen LogP contribution is -2.30. The van der Waals surface area contributed by atoms with Crippen LogP contribution in [0.2, 0.25) is 0 Å². The second kappa shape index (κ2) is 6.21. The molecule has 1 aliphatic heterocycles. The standard InChI is InChI=1S/C20H24N2O3/c1-11-19(12(2)25-22-11)20-15-10-18(24-4)17(23-3)9-14(15)13-7-5-6-8-16(13)21-20/h9-10,13,16H,5-8H2,1-4H3. The summed E-state index contributed by atoms with van der Waals surface area (Å²) in [6, 6.07) is 4.52. The minimum atomic E-state index is 0.322. The molecule has 2 aromatic rings. The lowest BCUT2D eigenvalue weighted by atomic mass is 9.75.